The summed E-state index contributed by atoms with van der Waals surface area (Å²) in [6.07, 6.45) is 3.18. The molecule has 18 heavy (non-hydrogen) atoms. The highest BCUT2D eigenvalue weighted by Crippen LogP contribution is 2.23. The third-order valence-electron chi connectivity index (χ3n) is 4.29. The maximum absolute atomic E-state index is 12.5. The van der Waals surface area contributed by atoms with Crippen molar-refractivity contribution in [3.8, 4) is 0 Å². The molecule has 1 N–H and O–H groups in total. The van der Waals surface area contributed by atoms with Crippen LogP contribution in [0.15, 0.2) is 0 Å². The summed E-state index contributed by atoms with van der Waals surface area (Å²) in [5.41, 5.74) is -0.0318. The zero-order valence-electron chi connectivity index (χ0n) is 12.0. The van der Waals surface area contributed by atoms with Crippen molar-refractivity contribution in [3.05, 3.63) is 0 Å². The van der Waals surface area contributed by atoms with Crippen LogP contribution in [-0.4, -0.2) is 61.0 Å². The van der Waals surface area contributed by atoms with Gasteiger partial charge in [0.2, 0.25) is 5.91 Å². The first kappa shape index (κ1) is 13.8. The van der Waals surface area contributed by atoms with E-state index < -0.39 is 0 Å². The van der Waals surface area contributed by atoms with E-state index in [2.05, 4.69) is 36.0 Å². The lowest BCUT2D eigenvalue weighted by atomic mass is 9.92. The molecule has 2 aliphatic rings. The molecule has 104 valence electrons. The molecule has 0 bridgehead atoms. The molecule has 0 saturated carbocycles. The largest absolute Gasteiger partial charge is 0.335 e. The van der Waals surface area contributed by atoms with Gasteiger partial charge in [-0.05, 0) is 46.2 Å². The fourth-order valence-corrected chi connectivity index (χ4v) is 3.24. The number of piperazine rings is 1. The van der Waals surface area contributed by atoms with Crippen LogP contribution in [0.3, 0.4) is 0 Å². The van der Waals surface area contributed by atoms with Crippen LogP contribution >= 0.6 is 0 Å². The summed E-state index contributed by atoms with van der Waals surface area (Å²) in [4.78, 5) is 16.9. The Hall–Kier alpha value is -0.610. The van der Waals surface area contributed by atoms with Crippen molar-refractivity contribution in [2.24, 2.45) is 5.92 Å². The van der Waals surface area contributed by atoms with Crippen LogP contribution in [-0.2, 0) is 4.79 Å². The van der Waals surface area contributed by atoms with Gasteiger partial charge in [-0.25, -0.2) is 0 Å². The molecule has 0 aromatic rings. The van der Waals surface area contributed by atoms with Gasteiger partial charge in [0.05, 0.1) is 0 Å². The minimum absolute atomic E-state index is 0.0318. The molecule has 2 fully saturated rings. The Kier molecular flexibility index (Phi) is 4.28. The first-order chi connectivity index (χ1) is 8.49. The molecular formula is C14H27N3O. The summed E-state index contributed by atoms with van der Waals surface area (Å²) in [6.45, 7) is 9.27. The van der Waals surface area contributed by atoms with Gasteiger partial charge in [-0.3, -0.25) is 4.79 Å². The Morgan fingerprint density at radius 3 is 2.83 bits per heavy atom. The van der Waals surface area contributed by atoms with E-state index in [1.54, 1.807) is 0 Å². The van der Waals surface area contributed by atoms with Gasteiger partial charge >= 0.3 is 0 Å². The van der Waals surface area contributed by atoms with E-state index >= 15 is 0 Å². The second kappa shape index (κ2) is 5.57. The van der Waals surface area contributed by atoms with E-state index in [1.165, 1.54) is 19.4 Å². The summed E-state index contributed by atoms with van der Waals surface area (Å²) in [6, 6.07) is 0. The van der Waals surface area contributed by atoms with Crippen molar-refractivity contribution in [1.29, 1.82) is 0 Å². The maximum atomic E-state index is 12.5. The standard InChI is InChI=1S/C14H27N3O/c1-14(2)11-15-6-8-17(14)13(18)9-12-5-4-7-16(3)10-12/h12,15H,4-11H2,1-3H3. The number of hydrogen-bond acceptors (Lipinski definition) is 3. The topological polar surface area (TPSA) is 35.6 Å². The van der Waals surface area contributed by atoms with Crippen molar-refractivity contribution in [3.63, 3.8) is 0 Å². The quantitative estimate of drug-likeness (QED) is 0.795. The Morgan fingerprint density at radius 1 is 1.39 bits per heavy atom. The van der Waals surface area contributed by atoms with Crippen molar-refractivity contribution in [2.75, 3.05) is 39.8 Å². The molecule has 0 aromatic carbocycles. The van der Waals surface area contributed by atoms with Gasteiger partial charge in [0.15, 0.2) is 0 Å². The number of carbonyl (C=O) groups excluding carboxylic acids is 1. The summed E-state index contributed by atoms with van der Waals surface area (Å²) < 4.78 is 0. The summed E-state index contributed by atoms with van der Waals surface area (Å²) in [7, 11) is 2.16. The number of rotatable bonds is 2. The third-order valence-corrected chi connectivity index (χ3v) is 4.29. The van der Waals surface area contributed by atoms with Crippen LogP contribution in [0.4, 0.5) is 0 Å². The Labute approximate surface area is 111 Å². The van der Waals surface area contributed by atoms with E-state index in [1.807, 2.05) is 0 Å². The van der Waals surface area contributed by atoms with E-state index in [4.69, 9.17) is 0 Å². The second-order valence-electron chi connectivity index (χ2n) is 6.51. The molecule has 1 unspecified atom stereocenters. The third kappa shape index (κ3) is 3.23. The lowest BCUT2D eigenvalue weighted by Crippen LogP contribution is -2.60. The first-order valence-corrected chi connectivity index (χ1v) is 7.19. The molecule has 0 aromatic heterocycles. The smallest absolute Gasteiger partial charge is 0.223 e. The predicted molar refractivity (Wildman–Crippen MR) is 73.5 cm³/mol. The zero-order chi connectivity index (χ0) is 13.2. The predicted octanol–water partition coefficient (Wildman–Crippen LogP) is 0.929. The molecule has 2 aliphatic heterocycles. The molecule has 0 radical (unpaired) electrons. The van der Waals surface area contributed by atoms with E-state index in [-0.39, 0.29) is 5.54 Å². The Balaban J connectivity index is 1.90. The maximum Gasteiger partial charge on any atom is 0.223 e. The summed E-state index contributed by atoms with van der Waals surface area (Å²) in [5.74, 6) is 0.906. The van der Waals surface area contributed by atoms with E-state index in [0.717, 1.165) is 32.6 Å². The zero-order valence-corrected chi connectivity index (χ0v) is 12.0. The normalized spacial score (nSPS) is 29.3. The molecule has 1 atom stereocenters. The molecule has 0 spiro atoms. The molecule has 2 rings (SSSR count). The van der Waals surface area contributed by atoms with Gasteiger partial charge in [0, 0.05) is 38.1 Å². The van der Waals surface area contributed by atoms with Gasteiger partial charge in [0.25, 0.3) is 0 Å². The summed E-state index contributed by atoms with van der Waals surface area (Å²) in [5, 5.41) is 3.37. The fraction of sp³-hybridized carbons (Fsp3) is 0.929. The lowest BCUT2D eigenvalue weighted by Gasteiger charge is -2.43. The van der Waals surface area contributed by atoms with E-state index in [0.29, 0.717) is 11.8 Å². The molecular weight excluding hydrogens is 226 g/mol. The number of piperidine rings is 1. The van der Waals surface area contributed by atoms with Gasteiger partial charge in [-0.2, -0.15) is 0 Å². The molecule has 1 amide bonds. The van der Waals surface area contributed by atoms with E-state index in [9.17, 15) is 4.79 Å². The number of likely N-dealkylation sites (tertiary alicyclic amines) is 1. The van der Waals surface area contributed by atoms with Crippen LogP contribution in [0.5, 0.6) is 0 Å². The number of nitrogens with zero attached hydrogens (tertiary/aromatic N) is 2. The average Bonchev–Trinajstić information content (AvgIpc) is 2.28. The van der Waals surface area contributed by atoms with Crippen LogP contribution in [0.25, 0.3) is 0 Å². The molecule has 4 heteroatoms. The van der Waals surface area contributed by atoms with Crippen molar-refractivity contribution in [1.82, 2.24) is 15.1 Å². The van der Waals surface area contributed by atoms with Crippen molar-refractivity contribution in [2.45, 2.75) is 38.6 Å². The summed E-state index contributed by atoms with van der Waals surface area (Å²) >= 11 is 0. The lowest BCUT2D eigenvalue weighted by molar-refractivity contribution is -0.139. The van der Waals surface area contributed by atoms with Crippen LogP contribution in [0.1, 0.15) is 33.1 Å². The minimum Gasteiger partial charge on any atom is -0.335 e. The van der Waals surface area contributed by atoms with Crippen LogP contribution < -0.4 is 5.32 Å². The number of hydrogen-bond donors (Lipinski definition) is 1. The van der Waals surface area contributed by atoms with Gasteiger partial charge < -0.3 is 15.1 Å². The molecule has 0 aliphatic carbocycles. The van der Waals surface area contributed by atoms with Gasteiger partial charge in [0.1, 0.15) is 0 Å². The fourth-order valence-electron chi connectivity index (χ4n) is 3.24. The Bertz CT molecular complexity index is 303. The molecule has 4 nitrogen and oxygen atoms in total. The molecule has 2 saturated heterocycles. The number of nitrogens with one attached hydrogen (secondary N) is 1. The number of carbonyl (C=O) groups is 1. The van der Waals surface area contributed by atoms with Crippen molar-refractivity contribution < 1.29 is 4.79 Å². The first-order valence-electron chi connectivity index (χ1n) is 7.19. The van der Waals surface area contributed by atoms with Crippen LogP contribution in [0, 0.1) is 5.92 Å². The SMILES string of the molecule is CN1CCCC(CC(=O)N2CCNCC2(C)C)C1. The second-order valence-corrected chi connectivity index (χ2v) is 6.51. The highest BCUT2D eigenvalue weighted by molar-refractivity contribution is 5.77. The van der Waals surface area contributed by atoms with Gasteiger partial charge in [-0.15, -0.1) is 0 Å². The van der Waals surface area contributed by atoms with Gasteiger partial charge in [-0.1, -0.05) is 0 Å². The average molecular weight is 253 g/mol. The highest BCUT2D eigenvalue weighted by Gasteiger charge is 2.34. The number of amides is 1. The molecule has 2 heterocycles. The van der Waals surface area contributed by atoms with Crippen molar-refractivity contribution >= 4 is 5.91 Å². The minimum atomic E-state index is -0.0318. The highest BCUT2D eigenvalue weighted by atomic mass is 16.2. The Morgan fingerprint density at radius 2 is 2.17 bits per heavy atom. The monoisotopic (exact) mass is 253 g/mol. The van der Waals surface area contributed by atoms with Crippen LogP contribution in [0.2, 0.25) is 0 Å².